The van der Waals surface area contributed by atoms with Crippen LogP contribution >= 0.6 is 0 Å². The number of amides is 1. The first-order valence-electron chi connectivity index (χ1n) is 9.95. The molecule has 2 fully saturated rings. The van der Waals surface area contributed by atoms with E-state index in [1.54, 1.807) is 41.7 Å². The van der Waals surface area contributed by atoms with E-state index in [0.717, 1.165) is 36.8 Å². The lowest BCUT2D eigenvalue weighted by Gasteiger charge is -2.22. The van der Waals surface area contributed by atoms with Crippen LogP contribution in [-0.4, -0.2) is 37.8 Å². The molecule has 2 aliphatic rings. The Morgan fingerprint density at radius 1 is 1.10 bits per heavy atom. The first-order chi connectivity index (χ1) is 13.9. The summed E-state index contributed by atoms with van der Waals surface area (Å²) in [5, 5.41) is 2.96. The highest BCUT2D eigenvalue weighted by atomic mass is 32.2. The molecule has 1 amide bonds. The molecule has 2 aliphatic carbocycles. The third kappa shape index (κ3) is 4.46. The molecule has 0 unspecified atom stereocenters. The lowest BCUT2D eigenvalue weighted by molar-refractivity contribution is 0.0951. The molecule has 2 aromatic carbocycles. The second kappa shape index (κ2) is 7.80. The first-order valence-corrected chi connectivity index (χ1v) is 11.4. The fourth-order valence-corrected chi connectivity index (χ4v) is 5.12. The molecule has 6 nitrogen and oxygen atoms in total. The zero-order chi connectivity index (χ0) is 20.6. The van der Waals surface area contributed by atoms with Crippen LogP contribution in [0.1, 0.15) is 47.2 Å². The molecule has 2 saturated carbocycles. The summed E-state index contributed by atoms with van der Waals surface area (Å²) in [5.74, 6) is 0.599. The molecule has 0 bridgehead atoms. The second-order valence-corrected chi connectivity index (χ2v) is 9.75. The topological polar surface area (TPSA) is 75.7 Å². The Morgan fingerprint density at radius 3 is 2.34 bits per heavy atom. The lowest BCUT2D eigenvalue weighted by atomic mass is 10.1. The van der Waals surface area contributed by atoms with E-state index in [9.17, 15) is 13.2 Å². The van der Waals surface area contributed by atoms with Crippen molar-refractivity contribution in [3.05, 3.63) is 59.2 Å². The van der Waals surface area contributed by atoms with Crippen molar-refractivity contribution in [2.24, 2.45) is 0 Å². The molecule has 0 heterocycles. The Labute approximate surface area is 171 Å². The van der Waals surface area contributed by atoms with E-state index in [0.29, 0.717) is 23.9 Å². The smallest absolute Gasteiger partial charge is 0.251 e. The Balaban J connectivity index is 1.53. The highest BCUT2D eigenvalue weighted by Crippen LogP contribution is 2.34. The highest BCUT2D eigenvalue weighted by molar-refractivity contribution is 7.89. The van der Waals surface area contributed by atoms with Gasteiger partial charge in [0.05, 0.1) is 12.0 Å². The Kier molecular flexibility index (Phi) is 5.36. The number of rotatable bonds is 8. The summed E-state index contributed by atoms with van der Waals surface area (Å²) in [5.41, 5.74) is 2.26. The molecule has 4 rings (SSSR count). The normalized spacial score (nSPS) is 16.7. The van der Waals surface area contributed by atoms with Gasteiger partial charge in [-0.15, -0.1) is 0 Å². The molecule has 0 aliphatic heterocycles. The molecule has 2 aromatic rings. The SMILES string of the molecule is COc1ccc(S(=O)(=O)N(Cc2ccc(C(=O)NC3CC3)cc2)C2CC2)cc1C. The summed E-state index contributed by atoms with van der Waals surface area (Å²) < 4.78 is 33.4. The van der Waals surface area contributed by atoms with Crippen molar-refractivity contribution in [1.82, 2.24) is 9.62 Å². The fourth-order valence-electron chi connectivity index (χ4n) is 3.36. The molecule has 0 aromatic heterocycles. The van der Waals surface area contributed by atoms with Gasteiger partial charge in [-0.3, -0.25) is 4.79 Å². The minimum absolute atomic E-state index is 0.0280. The van der Waals surface area contributed by atoms with Crippen LogP contribution in [0.25, 0.3) is 0 Å². The maximum absolute atomic E-state index is 13.3. The van der Waals surface area contributed by atoms with Crippen LogP contribution in [-0.2, 0) is 16.6 Å². The predicted molar refractivity (Wildman–Crippen MR) is 110 cm³/mol. The van der Waals surface area contributed by atoms with E-state index in [4.69, 9.17) is 4.74 Å². The van der Waals surface area contributed by atoms with Gasteiger partial charge in [-0.2, -0.15) is 4.31 Å². The Hall–Kier alpha value is -2.38. The van der Waals surface area contributed by atoms with Crippen LogP contribution < -0.4 is 10.1 Å². The summed E-state index contributed by atoms with van der Waals surface area (Å²) in [6, 6.07) is 12.5. The second-order valence-electron chi connectivity index (χ2n) is 7.86. The van der Waals surface area contributed by atoms with E-state index in [2.05, 4.69) is 5.32 Å². The van der Waals surface area contributed by atoms with Crippen LogP contribution in [0.2, 0.25) is 0 Å². The van der Waals surface area contributed by atoms with Crippen LogP contribution in [0.3, 0.4) is 0 Å². The average Bonchev–Trinajstić information content (AvgIpc) is 3.61. The number of carbonyl (C=O) groups is 1. The van der Waals surface area contributed by atoms with E-state index >= 15 is 0 Å². The number of ether oxygens (including phenoxy) is 1. The third-order valence-electron chi connectivity index (χ3n) is 5.39. The zero-order valence-electron chi connectivity index (χ0n) is 16.7. The Bertz CT molecular complexity index is 1010. The van der Waals surface area contributed by atoms with Crippen molar-refractivity contribution in [2.75, 3.05) is 7.11 Å². The van der Waals surface area contributed by atoms with E-state index in [-0.39, 0.29) is 16.8 Å². The van der Waals surface area contributed by atoms with Gasteiger partial charge in [-0.25, -0.2) is 8.42 Å². The van der Waals surface area contributed by atoms with E-state index in [1.165, 1.54) is 0 Å². The number of nitrogens with one attached hydrogen (secondary N) is 1. The minimum Gasteiger partial charge on any atom is -0.496 e. The maximum Gasteiger partial charge on any atom is 0.251 e. The summed E-state index contributed by atoms with van der Waals surface area (Å²) in [6.45, 7) is 2.13. The van der Waals surface area contributed by atoms with Gasteiger partial charge in [-0.1, -0.05) is 12.1 Å². The van der Waals surface area contributed by atoms with Crippen molar-refractivity contribution in [1.29, 1.82) is 0 Å². The van der Waals surface area contributed by atoms with Crippen LogP contribution in [0, 0.1) is 6.92 Å². The molecule has 0 atom stereocenters. The number of benzene rings is 2. The first kappa shape index (κ1) is 19.9. The van der Waals surface area contributed by atoms with Crippen LogP contribution in [0.15, 0.2) is 47.4 Å². The van der Waals surface area contributed by atoms with Gasteiger partial charge in [0.1, 0.15) is 5.75 Å². The minimum atomic E-state index is -3.62. The summed E-state index contributed by atoms with van der Waals surface area (Å²) in [4.78, 5) is 12.4. The van der Waals surface area contributed by atoms with Gasteiger partial charge in [0.2, 0.25) is 10.0 Å². The standard InChI is InChI=1S/C22H26N2O4S/c1-15-13-20(11-12-21(15)28-2)29(26,27)24(19-9-10-19)14-16-3-5-17(6-4-16)22(25)23-18-7-8-18/h3-6,11-13,18-19H,7-10,14H2,1-2H3,(H,23,25). The maximum atomic E-state index is 13.3. The van der Waals surface area contributed by atoms with Gasteiger partial charge >= 0.3 is 0 Å². The van der Waals surface area contributed by atoms with Gasteiger partial charge in [0, 0.05) is 24.2 Å². The van der Waals surface area contributed by atoms with Crippen LogP contribution in [0.5, 0.6) is 5.75 Å². The summed E-state index contributed by atoms with van der Waals surface area (Å²) in [6.07, 6.45) is 3.83. The van der Waals surface area contributed by atoms with E-state index < -0.39 is 10.0 Å². The van der Waals surface area contributed by atoms with Crippen molar-refractivity contribution >= 4 is 15.9 Å². The number of methoxy groups -OCH3 is 1. The highest BCUT2D eigenvalue weighted by Gasteiger charge is 2.38. The molecule has 7 heteroatoms. The Morgan fingerprint density at radius 2 is 1.79 bits per heavy atom. The number of aryl methyl sites for hydroxylation is 1. The number of nitrogens with zero attached hydrogens (tertiary/aromatic N) is 1. The zero-order valence-corrected chi connectivity index (χ0v) is 17.5. The van der Waals surface area contributed by atoms with Gasteiger partial charge in [0.15, 0.2) is 0 Å². The largest absolute Gasteiger partial charge is 0.496 e. The molecule has 0 spiro atoms. The summed E-state index contributed by atoms with van der Waals surface area (Å²) in [7, 11) is -2.05. The molecular formula is C22H26N2O4S. The molecular weight excluding hydrogens is 388 g/mol. The molecule has 1 N–H and O–H groups in total. The van der Waals surface area contributed by atoms with Crippen molar-refractivity contribution in [2.45, 2.75) is 56.1 Å². The summed E-state index contributed by atoms with van der Waals surface area (Å²) >= 11 is 0. The molecule has 154 valence electrons. The number of hydrogen-bond acceptors (Lipinski definition) is 4. The lowest BCUT2D eigenvalue weighted by Crippen LogP contribution is -2.32. The predicted octanol–water partition coefficient (Wildman–Crippen LogP) is 3.25. The van der Waals surface area contributed by atoms with Gasteiger partial charge in [-0.05, 0) is 74.1 Å². The molecule has 29 heavy (non-hydrogen) atoms. The van der Waals surface area contributed by atoms with Gasteiger partial charge in [0.25, 0.3) is 5.91 Å². The van der Waals surface area contributed by atoms with Crippen LogP contribution in [0.4, 0.5) is 0 Å². The van der Waals surface area contributed by atoms with Crippen molar-refractivity contribution < 1.29 is 17.9 Å². The van der Waals surface area contributed by atoms with Crippen molar-refractivity contribution in [3.63, 3.8) is 0 Å². The van der Waals surface area contributed by atoms with Gasteiger partial charge < -0.3 is 10.1 Å². The molecule has 0 radical (unpaired) electrons. The number of sulfonamides is 1. The number of carbonyl (C=O) groups excluding carboxylic acids is 1. The third-order valence-corrected chi connectivity index (χ3v) is 7.29. The fraction of sp³-hybridized carbons (Fsp3) is 0.409. The number of hydrogen-bond donors (Lipinski definition) is 1. The quantitative estimate of drug-likeness (QED) is 0.719. The van der Waals surface area contributed by atoms with Crippen molar-refractivity contribution in [3.8, 4) is 5.75 Å². The molecule has 0 saturated heterocycles. The monoisotopic (exact) mass is 414 g/mol. The van der Waals surface area contributed by atoms with E-state index in [1.807, 2.05) is 19.1 Å². The average molecular weight is 415 g/mol.